The van der Waals surface area contributed by atoms with Crippen LogP contribution in [-0.4, -0.2) is 13.3 Å². The molecule has 0 heterocycles. The number of hydrogen-bond acceptors (Lipinski definition) is 2. The van der Waals surface area contributed by atoms with E-state index in [1.54, 1.807) is 0 Å². The summed E-state index contributed by atoms with van der Waals surface area (Å²) in [7, 11) is 1.97. The van der Waals surface area contributed by atoms with Crippen molar-refractivity contribution in [1.29, 1.82) is 0 Å². The van der Waals surface area contributed by atoms with E-state index in [-0.39, 0.29) is 0 Å². The lowest BCUT2D eigenvalue weighted by Crippen LogP contribution is -2.11. The van der Waals surface area contributed by atoms with Gasteiger partial charge in [0, 0.05) is 22.8 Å². The van der Waals surface area contributed by atoms with Gasteiger partial charge < -0.3 is 4.90 Å². The lowest BCUT2D eigenvalue weighted by molar-refractivity contribution is 0.112. The molecule has 0 aliphatic rings. The van der Waals surface area contributed by atoms with Crippen molar-refractivity contribution in [1.82, 2.24) is 0 Å². The molecule has 2 aromatic rings. The van der Waals surface area contributed by atoms with Crippen LogP contribution in [0.2, 0.25) is 0 Å². The Morgan fingerprint density at radius 3 is 2.42 bits per heavy atom. The first-order chi connectivity index (χ1) is 9.15. The van der Waals surface area contributed by atoms with Crippen LogP contribution < -0.4 is 4.90 Å². The van der Waals surface area contributed by atoms with Crippen molar-refractivity contribution in [3.8, 4) is 0 Å². The number of benzene rings is 2. The summed E-state index contributed by atoms with van der Waals surface area (Å²) < 4.78 is 0.963. The van der Waals surface area contributed by atoms with E-state index in [4.69, 9.17) is 0 Å². The molecule has 0 bridgehead atoms. The third-order valence-corrected chi connectivity index (χ3v) is 3.71. The average molecular weight is 318 g/mol. The molecule has 0 aromatic heterocycles. The lowest BCUT2D eigenvalue weighted by Gasteiger charge is -2.21. The zero-order valence-electron chi connectivity index (χ0n) is 11.1. The van der Waals surface area contributed by atoms with Gasteiger partial charge in [-0.1, -0.05) is 35.0 Å². The number of nitrogens with zero attached hydrogens (tertiary/aromatic N) is 1. The summed E-state index contributed by atoms with van der Waals surface area (Å²) in [6, 6.07) is 14.0. The molecule has 2 rings (SSSR count). The van der Waals surface area contributed by atoms with Crippen molar-refractivity contribution in [3.05, 3.63) is 58.1 Å². The van der Waals surface area contributed by atoms with Gasteiger partial charge in [0.05, 0.1) is 5.69 Å². The predicted octanol–water partition coefficient (Wildman–Crippen LogP) is 4.59. The molecule has 0 spiro atoms. The van der Waals surface area contributed by atoms with E-state index in [1.165, 1.54) is 5.56 Å². The number of hydrogen-bond donors (Lipinski definition) is 0. The maximum absolute atomic E-state index is 11.1. The minimum atomic E-state index is 0.685. The third kappa shape index (κ3) is 3.04. The molecule has 0 atom stereocenters. The highest BCUT2D eigenvalue weighted by Gasteiger charge is 2.09. The smallest absolute Gasteiger partial charge is 0.152 e. The quantitative estimate of drug-likeness (QED) is 0.768. The third-order valence-electron chi connectivity index (χ3n) is 3.21. The van der Waals surface area contributed by atoms with Crippen LogP contribution in [0.3, 0.4) is 0 Å². The Morgan fingerprint density at radius 1 is 1.16 bits per heavy atom. The minimum Gasteiger partial charge on any atom is -0.344 e. The number of anilines is 2. The minimum absolute atomic E-state index is 0.685. The van der Waals surface area contributed by atoms with Crippen molar-refractivity contribution in [2.75, 3.05) is 11.9 Å². The second-order valence-corrected chi connectivity index (χ2v) is 5.32. The summed E-state index contributed by atoms with van der Waals surface area (Å²) in [6.45, 7) is 2.14. The first kappa shape index (κ1) is 13.8. The Kier molecular flexibility index (Phi) is 4.38. The second kappa shape index (κ2) is 6.02. The fraction of sp³-hybridized carbons (Fsp3) is 0.188. The van der Waals surface area contributed by atoms with Gasteiger partial charge in [0.15, 0.2) is 6.29 Å². The predicted molar refractivity (Wildman–Crippen MR) is 83.4 cm³/mol. The van der Waals surface area contributed by atoms with Crippen LogP contribution in [0.1, 0.15) is 22.8 Å². The van der Waals surface area contributed by atoms with E-state index in [2.05, 4.69) is 47.1 Å². The van der Waals surface area contributed by atoms with Gasteiger partial charge in [-0.2, -0.15) is 0 Å². The number of carbonyl (C=O) groups excluding carboxylic acids is 1. The van der Waals surface area contributed by atoms with Crippen molar-refractivity contribution < 1.29 is 4.79 Å². The van der Waals surface area contributed by atoms with Gasteiger partial charge >= 0.3 is 0 Å². The second-order valence-electron chi connectivity index (χ2n) is 4.40. The largest absolute Gasteiger partial charge is 0.344 e. The van der Waals surface area contributed by atoms with Gasteiger partial charge in [0.25, 0.3) is 0 Å². The molecule has 0 N–H and O–H groups in total. The molecule has 2 aromatic carbocycles. The molecule has 19 heavy (non-hydrogen) atoms. The van der Waals surface area contributed by atoms with Gasteiger partial charge in [0.2, 0.25) is 0 Å². The molecule has 0 radical (unpaired) electrons. The fourth-order valence-electron chi connectivity index (χ4n) is 2.00. The fourth-order valence-corrected chi connectivity index (χ4v) is 2.35. The van der Waals surface area contributed by atoms with E-state index in [0.29, 0.717) is 5.56 Å². The Bertz CT molecular complexity index is 578. The zero-order valence-corrected chi connectivity index (χ0v) is 12.6. The monoisotopic (exact) mass is 317 g/mol. The number of halogens is 1. The molecule has 3 heteroatoms. The van der Waals surface area contributed by atoms with Crippen LogP contribution in [0, 0.1) is 0 Å². The Morgan fingerprint density at radius 2 is 1.84 bits per heavy atom. The number of carbonyl (C=O) groups is 1. The molecule has 98 valence electrons. The molecule has 0 amide bonds. The molecule has 0 unspecified atom stereocenters. The maximum Gasteiger partial charge on any atom is 0.152 e. The molecule has 0 saturated heterocycles. The van der Waals surface area contributed by atoms with Gasteiger partial charge in [-0.15, -0.1) is 0 Å². The average Bonchev–Trinajstić information content (AvgIpc) is 2.46. The molecular weight excluding hydrogens is 302 g/mol. The highest BCUT2D eigenvalue weighted by Crippen LogP contribution is 2.29. The van der Waals surface area contributed by atoms with Crippen LogP contribution in [0.25, 0.3) is 0 Å². The maximum atomic E-state index is 11.1. The Labute approximate surface area is 122 Å². The van der Waals surface area contributed by atoms with E-state index in [1.807, 2.05) is 30.1 Å². The highest BCUT2D eigenvalue weighted by atomic mass is 79.9. The van der Waals surface area contributed by atoms with Crippen LogP contribution in [0.15, 0.2) is 46.9 Å². The summed E-state index contributed by atoms with van der Waals surface area (Å²) in [5.74, 6) is 0. The number of aryl methyl sites for hydroxylation is 1. The summed E-state index contributed by atoms with van der Waals surface area (Å²) in [5, 5.41) is 0. The van der Waals surface area contributed by atoms with Crippen LogP contribution in [0.4, 0.5) is 11.4 Å². The van der Waals surface area contributed by atoms with Gasteiger partial charge in [-0.05, 0) is 42.3 Å². The number of rotatable bonds is 4. The van der Waals surface area contributed by atoms with Crippen LogP contribution in [-0.2, 0) is 6.42 Å². The van der Waals surface area contributed by atoms with E-state index in [0.717, 1.165) is 28.6 Å². The summed E-state index contributed by atoms with van der Waals surface area (Å²) in [6.07, 6.45) is 1.92. The van der Waals surface area contributed by atoms with Crippen LogP contribution >= 0.6 is 15.9 Å². The molecule has 0 aliphatic heterocycles. The first-order valence-corrected chi connectivity index (χ1v) is 7.02. The van der Waals surface area contributed by atoms with E-state index >= 15 is 0 Å². The molecule has 2 nitrogen and oxygen atoms in total. The van der Waals surface area contributed by atoms with E-state index < -0.39 is 0 Å². The molecule has 0 fully saturated rings. The Hall–Kier alpha value is -1.61. The molecule has 0 saturated carbocycles. The van der Waals surface area contributed by atoms with Crippen molar-refractivity contribution in [2.24, 2.45) is 0 Å². The molecular formula is C16H16BrNO. The SMILES string of the molecule is CCc1ccc(N(C)c2cc(Br)ccc2C=O)cc1. The zero-order chi connectivity index (χ0) is 13.8. The topological polar surface area (TPSA) is 20.3 Å². The van der Waals surface area contributed by atoms with Gasteiger partial charge in [-0.3, -0.25) is 4.79 Å². The van der Waals surface area contributed by atoms with Crippen molar-refractivity contribution in [2.45, 2.75) is 13.3 Å². The Balaban J connectivity index is 2.39. The molecule has 0 aliphatic carbocycles. The normalized spacial score (nSPS) is 10.3. The lowest BCUT2D eigenvalue weighted by atomic mass is 10.1. The first-order valence-electron chi connectivity index (χ1n) is 6.23. The highest BCUT2D eigenvalue weighted by molar-refractivity contribution is 9.10. The van der Waals surface area contributed by atoms with E-state index in [9.17, 15) is 4.79 Å². The summed E-state index contributed by atoms with van der Waals surface area (Å²) in [4.78, 5) is 13.2. The summed E-state index contributed by atoms with van der Waals surface area (Å²) >= 11 is 3.45. The van der Waals surface area contributed by atoms with Crippen LogP contribution in [0.5, 0.6) is 0 Å². The van der Waals surface area contributed by atoms with Crippen molar-refractivity contribution in [3.63, 3.8) is 0 Å². The van der Waals surface area contributed by atoms with Gasteiger partial charge in [-0.25, -0.2) is 0 Å². The standard InChI is InChI=1S/C16H16BrNO/c1-3-12-4-8-15(9-5-12)18(2)16-10-14(17)7-6-13(16)11-19/h4-11H,3H2,1-2H3. The summed E-state index contributed by atoms with van der Waals surface area (Å²) in [5.41, 5.74) is 3.96. The number of aldehydes is 1. The van der Waals surface area contributed by atoms with Crippen molar-refractivity contribution >= 4 is 33.6 Å². The van der Waals surface area contributed by atoms with Gasteiger partial charge in [0.1, 0.15) is 0 Å².